The number of rotatable bonds is 3. The molecule has 2 aromatic carbocycles. The third-order valence-corrected chi connectivity index (χ3v) is 5.19. The van der Waals surface area contributed by atoms with E-state index in [2.05, 4.69) is 4.85 Å². The molecule has 1 aliphatic heterocycles. The summed E-state index contributed by atoms with van der Waals surface area (Å²) in [6.07, 6.45) is -4.75. The van der Waals surface area contributed by atoms with Gasteiger partial charge in [0.1, 0.15) is 18.0 Å². The number of alkyl halides is 4. The molecule has 4 nitrogen and oxygen atoms in total. The number of nitrogens with one attached hydrogen (secondary N) is 1. The molecule has 1 atom stereocenters. The van der Waals surface area contributed by atoms with Crippen LogP contribution in [0.2, 0.25) is 0 Å². The number of anilines is 2. The van der Waals surface area contributed by atoms with E-state index in [1.54, 1.807) is 24.3 Å². The third-order valence-electron chi connectivity index (χ3n) is 4.83. The molecule has 3 rings (SSSR count). The number of thiocarbonyl (C=S) groups is 1. The van der Waals surface area contributed by atoms with Crippen LogP contribution in [-0.2, 0) is 6.18 Å². The van der Waals surface area contributed by atoms with E-state index in [1.165, 1.54) is 17.9 Å². The molecule has 1 fully saturated rings. The van der Waals surface area contributed by atoms with Crippen LogP contribution in [0.4, 0.5) is 34.6 Å². The van der Waals surface area contributed by atoms with E-state index in [4.69, 9.17) is 24.2 Å². The predicted octanol–water partition coefficient (Wildman–Crippen LogP) is 5.88. The van der Waals surface area contributed by atoms with Crippen molar-refractivity contribution in [3.8, 4) is 0 Å². The lowest BCUT2D eigenvalue weighted by Gasteiger charge is -2.31. The van der Waals surface area contributed by atoms with Crippen LogP contribution in [-0.4, -0.2) is 23.2 Å². The maximum Gasteiger partial charge on any atom is 0.407 e. The number of aryl methyl sites for hydroxylation is 1. The monoisotopic (exact) mass is 420 g/mol. The highest BCUT2D eigenvalue weighted by atomic mass is 32.1. The minimum Gasteiger partial charge on any atom is -0.302 e. The Morgan fingerprint density at radius 3 is 2.24 bits per heavy atom. The van der Waals surface area contributed by atoms with Gasteiger partial charge in [0.25, 0.3) is 0 Å². The zero-order valence-corrected chi connectivity index (χ0v) is 16.3. The molecule has 1 heterocycles. The summed E-state index contributed by atoms with van der Waals surface area (Å²) in [6, 6.07) is 10.1. The molecule has 0 spiro atoms. The topological polar surface area (TPSA) is 34.7 Å². The van der Waals surface area contributed by atoms with Gasteiger partial charge < -0.3 is 4.90 Å². The van der Waals surface area contributed by atoms with E-state index < -0.39 is 29.6 Å². The first-order valence-corrected chi connectivity index (χ1v) is 8.90. The number of hydrogen-bond acceptors (Lipinski definition) is 2. The standard InChI is InChI=1S/C20H16F4N4S/c1-12-4-6-13(7-5-12)28-18(29)27(17(25)19(28,2)11-21)14-8-9-16(26-3)15(10-14)20(22,23)24/h4-10,25H,11H2,1-2H3. The Hall–Kier alpha value is -2.99. The molecule has 1 aliphatic rings. The minimum atomic E-state index is -4.75. The lowest BCUT2D eigenvalue weighted by atomic mass is 10.0. The first-order valence-electron chi connectivity index (χ1n) is 8.49. The van der Waals surface area contributed by atoms with Crippen molar-refractivity contribution in [3.05, 3.63) is 65.0 Å². The molecule has 1 unspecified atom stereocenters. The van der Waals surface area contributed by atoms with Crippen molar-refractivity contribution in [2.75, 3.05) is 16.5 Å². The van der Waals surface area contributed by atoms with E-state index in [9.17, 15) is 17.6 Å². The maximum atomic E-state index is 14.1. The summed E-state index contributed by atoms with van der Waals surface area (Å²) < 4.78 is 54.2. The van der Waals surface area contributed by atoms with Crippen LogP contribution in [0.5, 0.6) is 0 Å². The molecule has 150 valence electrons. The normalized spacial score (nSPS) is 19.6. The number of hydrogen-bond donors (Lipinski definition) is 1. The summed E-state index contributed by atoms with van der Waals surface area (Å²) in [7, 11) is 0. The molecule has 0 saturated carbocycles. The number of benzene rings is 2. The van der Waals surface area contributed by atoms with Gasteiger partial charge in [0.15, 0.2) is 10.8 Å². The smallest absolute Gasteiger partial charge is 0.302 e. The fourth-order valence-corrected chi connectivity index (χ4v) is 3.70. The second-order valence-corrected chi connectivity index (χ2v) is 7.22. The van der Waals surface area contributed by atoms with Gasteiger partial charge in [-0.1, -0.05) is 23.8 Å². The van der Waals surface area contributed by atoms with Crippen molar-refractivity contribution in [1.29, 1.82) is 5.41 Å². The number of halogens is 4. The highest BCUT2D eigenvalue weighted by molar-refractivity contribution is 7.81. The predicted molar refractivity (Wildman–Crippen MR) is 109 cm³/mol. The highest BCUT2D eigenvalue weighted by Crippen LogP contribution is 2.42. The molecule has 9 heteroatoms. The first-order chi connectivity index (χ1) is 13.5. The van der Waals surface area contributed by atoms with Crippen LogP contribution in [0.3, 0.4) is 0 Å². The van der Waals surface area contributed by atoms with Crippen molar-refractivity contribution in [2.45, 2.75) is 25.6 Å². The van der Waals surface area contributed by atoms with Crippen molar-refractivity contribution < 1.29 is 17.6 Å². The van der Waals surface area contributed by atoms with E-state index >= 15 is 0 Å². The van der Waals surface area contributed by atoms with Gasteiger partial charge in [-0.25, -0.2) is 9.24 Å². The zero-order chi connectivity index (χ0) is 21.6. The summed E-state index contributed by atoms with van der Waals surface area (Å²) in [6.45, 7) is 9.35. The molecular weight excluding hydrogens is 404 g/mol. The van der Waals surface area contributed by atoms with Gasteiger partial charge in [-0.2, -0.15) is 13.2 Å². The second-order valence-electron chi connectivity index (χ2n) is 6.86. The Kier molecular flexibility index (Phi) is 5.09. The maximum absolute atomic E-state index is 14.1. The molecule has 1 N–H and O–H groups in total. The molecule has 0 radical (unpaired) electrons. The van der Waals surface area contributed by atoms with Gasteiger partial charge in [0.05, 0.1) is 12.1 Å². The number of nitrogens with zero attached hydrogens (tertiary/aromatic N) is 3. The Bertz CT molecular complexity index is 1030. The van der Waals surface area contributed by atoms with Gasteiger partial charge in [-0.15, -0.1) is 0 Å². The van der Waals surface area contributed by atoms with Crippen molar-refractivity contribution in [1.82, 2.24) is 0 Å². The van der Waals surface area contributed by atoms with Crippen LogP contribution in [0.15, 0.2) is 42.5 Å². The van der Waals surface area contributed by atoms with E-state index in [-0.39, 0.29) is 16.6 Å². The summed E-state index contributed by atoms with van der Waals surface area (Å²) in [5.74, 6) is -0.283. The zero-order valence-electron chi connectivity index (χ0n) is 15.5. The molecule has 29 heavy (non-hydrogen) atoms. The van der Waals surface area contributed by atoms with E-state index in [0.717, 1.165) is 22.6 Å². The second kappa shape index (κ2) is 7.12. The fraction of sp³-hybridized carbons (Fsp3) is 0.250. The summed E-state index contributed by atoms with van der Waals surface area (Å²) >= 11 is 5.45. The quantitative estimate of drug-likeness (QED) is 0.383. The van der Waals surface area contributed by atoms with Crippen molar-refractivity contribution in [3.63, 3.8) is 0 Å². The molecule has 1 saturated heterocycles. The van der Waals surface area contributed by atoms with Crippen molar-refractivity contribution >= 4 is 40.2 Å². The largest absolute Gasteiger partial charge is 0.407 e. The first kappa shape index (κ1) is 20.7. The SMILES string of the molecule is [C-]#[N+]c1ccc(N2C(=N)C(C)(CF)N(c3ccc(C)cc3)C2=S)cc1C(F)(F)F. The lowest BCUT2D eigenvalue weighted by molar-refractivity contribution is -0.136. The Balaban J connectivity index is 2.14. The molecule has 0 bridgehead atoms. The van der Waals surface area contributed by atoms with Crippen LogP contribution in [0, 0.1) is 18.9 Å². The summed E-state index contributed by atoms with van der Waals surface area (Å²) in [4.78, 5) is 5.45. The molecule has 0 aromatic heterocycles. The molecule has 2 aromatic rings. The molecule has 0 aliphatic carbocycles. The van der Waals surface area contributed by atoms with Crippen LogP contribution >= 0.6 is 12.2 Å². The van der Waals surface area contributed by atoms with Gasteiger partial charge in [0, 0.05) is 11.4 Å². The van der Waals surface area contributed by atoms with Crippen LogP contribution in [0.1, 0.15) is 18.1 Å². The van der Waals surface area contributed by atoms with E-state index in [0.29, 0.717) is 5.69 Å². The van der Waals surface area contributed by atoms with E-state index in [1.807, 2.05) is 6.92 Å². The van der Waals surface area contributed by atoms with Crippen LogP contribution < -0.4 is 9.80 Å². The fourth-order valence-electron chi connectivity index (χ4n) is 3.19. The Morgan fingerprint density at radius 2 is 1.72 bits per heavy atom. The Morgan fingerprint density at radius 1 is 1.14 bits per heavy atom. The Labute approximate surface area is 170 Å². The number of amidine groups is 1. The van der Waals surface area contributed by atoms with Crippen molar-refractivity contribution in [2.24, 2.45) is 0 Å². The highest BCUT2D eigenvalue weighted by Gasteiger charge is 2.51. The van der Waals surface area contributed by atoms with Gasteiger partial charge in [0.2, 0.25) is 0 Å². The lowest BCUT2D eigenvalue weighted by Crippen LogP contribution is -2.49. The van der Waals surface area contributed by atoms with Gasteiger partial charge >= 0.3 is 6.18 Å². The van der Waals surface area contributed by atoms with Gasteiger partial charge in [-0.3, -0.25) is 10.3 Å². The average Bonchev–Trinajstić information content (AvgIpc) is 2.88. The van der Waals surface area contributed by atoms with Crippen LogP contribution in [0.25, 0.3) is 4.85 Å². The molecule has 0 amide bonds. The third kappa shape index (κ3) is 3.34. The minimum absolute atomic E-state index is 0.0114. The average molecular weight is 420 g/mol. The molecular formula is C20H16F4N4S. The van der Waals surface area contributed by atoms with Gasteiger partial charge in [-0.05, 0) is 50.3 Å². The summed E-state index contributed by atoms with van der Waals surface area (Å²) in [5, 5.41) is 8.48. The summed E-state index contributed by atoms with van der Waals surface area (Å²) in [5.41, 5.74) is -1.71.